The zero-order valence-corrected chi connectivity index (χ0v) is 15.6. The first-order valence-electron chi connectivity index (χ1n) is 8.37. The maximum atomic E-state index is 5.66. The molecule has 1 aromatic heterocycles. The number of halogens is 1. The summed E-state index contributed by atoms with van der Waals surface area (Å²) in [5, 5.41) is 7.52. The lowest BCUT2D eigenvalue weighted by Crippen LogP contribution is -2.44. The van der Waals surface area contributed by atoms with Crippen LogP contribution in [0.1, 0.15) is 25.7 Å². The van der Waals surface area contributed by atoms with Crippen molar-refractivity contribution in [3.63, 3.8) is 0 Å². The summed E-state index contributed by atoms with van der Waals surface area (Å²) in [6.07, 6.45) is 0. The molecular weight excluding hydrogens is 344 g/mol. The van der Waals surface area contributed by atoms with E-state index in [-0.39, 0.29) is 18.4 Å². The second-order valence-corrected chi connectivity index (χ2v) is 5.69. The predicted molar refractivity (Wildman–Crippen MR) is 97.6 cm³/mol. The Morgan fingerprint density at radius 2 is 2.00 bits per heavy atom. The van der Waals surface area contributed by atoms with Crippen LogP contribution in [-0.2, 0) is 0 Å². The number of nitrogens with one attached hydrogen (secondary N) is 1. The van der Waals surface area contributed by atoms with Crippen molar-refractivity contribution < 1.29 is 14.0 Å². The van der Waals surface area contributed by atoms with Gasteiger partial charge in [-0.25, -0.2) is 0 Å². The maximum absolute atomic E-state index is 5.66. The average Bonchev–Trinajstić information content (AvgIpc) is 3.07. The minimum absolute atomic E-state index is 0. The van der Waals surface area contributed by atoms with Gasteiger partial charge in [0.25, 0.3) is 5.89 Å². The number of nitrogens with zero attached hydrogens (tertiary/aromatic N) is 3. The third-order valence-electron chi connectivity index (χ3n) is 4.04. The Morgan fingerprint density at radius 3 is 2.72 bits per heavy atom. The van der Waals surface area contributed by atoms with E-state index in [4.69, 9.17) is 14.0 Å². The molecule has 1 unspecified atom stereocenters. The van der Waals surface area contributed by atoms with E-state index in [0.29, 0.717) is 30.7 Å². The van der Waals surface area contributed by atoms with E-state index < -0.39 is 0 Å². The number of rotatable bonds is 6. The predicted octanol–water partition coefficient (Wildman–Crippen LogP) is 2.53. The first-order valence-corrected chi connectivity index (χ1v) is 8.37. The molecule has 0 aliphatic carbocycles. The number of likely N-dealkylation sites (N-methyl/N-ethyl adjacent to an activating group) is 1. The first kappa shape index (κ1) is 19.5. The molecule has 138 valence electrons. The summed E-state index contributed by atoms with van der Waals surface area (Å²) in [5.74, 6) is 2.60. The van der Waals surface area contributed by atoms with Gasteiger partial charge in [0.15, 0.2) is 17.3 Å². The summed E-state index contributed by atoms with van der Waals surface area (Å²) in [6.45, 7) is 7.81. The Bertz CT molecular complexity index is 680. The second-order valence-electron chi connectivity index (χ2n) is 5.69. The minimum Gasteiger partial charge on any atom is -0.490 e. The molecule has 2 aromatic rings. The largest absolute Gasteiger partial charge is 0.490 e. The van der Waals surface area contributed by atoms with Crippen LogP contribution >= 0.6 is 12.4 Å². The molecule has 0 bridgehead atoms. The lowest BCUT2D eigenvalue weighted by Gasteiger charge is -2.30. The molecule has 2 heterocycles. The van der Waals surface area contributed by atoms with Gasteiger partial charge < -0.3 is 19.3 Å². The molecule has 0 spiro atoms. The highest BCUT2D eigenvalue weighted by atomic mass is 35.5. The van der Waals surface area contributed by atoms with E-state index in [1.54, 1.807) is 0 Å². The standard InChI is InChI=1S/C17H24N4O3.ClH/c1-4-22-14-7-6-12(10-15(14)23-5-2)17-19-16(20-24-17)13-11-18-8-9-21(13)3;/h6-7,10,13,18H,4-5,8-9,11H2,1-3H3;1H. The lowest BCUT2D eigenvalue weighted by atomic mass is 10.2. The zero-order valence-electron chi connectivity index (χ0n) is 14.8. The SMILES string of the molecule is CCOc1ccc(-c2nc(C3CNCCN3C)no2)cc1OCC.Cl. The number of hydrogen-bond donors (Lipinski definition) is 1. The highest BCUT2D eigenvalue weighted by Crippen LogP contribution is 2.33. The molecule has 1 aliphatic rings. The van der Waals surface area contributed by atoms with Gasteiger partial charge in [-0.1, -0.05) is 5.16 Å². The molecule has 1 fully saturated rings. The maximum Gasteiger partial charge on any atom is 0.258 e. The Hall–Kier alpha value is -1.83. The number of benzene rings is 1. The quantitative estimate of drug-likeness (QED) is 0.839. The van der Waals surface area contributed by atoms with Crippen LogP contribution in [0.3, 0.4) is 0 Å². The van der Waals surface area contributed by atoms with E-state index in [0.717, 1.165) is 30.9 Å². The normalized spacial score (nSPS) is 17.8. The summed E-state index contributed by atoms with van der Waals surface area (Å²) in [4.78, 5) is 6.81. The van der Waals surface area contributed by atoms with Gasteiger partial charge in [0.2, 0.25) is 0 Å². The van der Waals surface area contributed by atoms with Crippen LogP contribution in [0.4, 0.5) is 0 Å². The molecule has 0 saturated carbocycles. The average molecular weight is 369 g/mol. The van der Waals surface area contributed by atoms with Gasteiger partial charge in [0.05, 0.1) is 19.3 Å². The van der Waals surface area contributed by atoms with E-state index in [1.165, 1.54) is 0 Å². The molecule has 7 nitrogen and oxygen atoms in total. The Morgan fingerprint density at radius 1 is 1.24 bits per heavy atom. The number of piperazine rings is 1. The van der Waals surface area contributed by atoms with Crippen molar-refractivity contribution in [3.05, 3.63) is 24.0 Å². The monoisotopic (exact) mass is 368 g/mol. The fourth-order valence-corrected chi connectivity index (χ4v) is 2.77. The third kappa shape index (κ3) is 4.42. The molecule has 1 aromatic carbocycles. The van der Waals surface area contributed by atoms with Crippen molar-refractivity contribution in [2.75, 3.05) is 39.9 Å². The van der Waals surface area contributed by atoms with E-state index >= 15 is 0 Å². The molecule has 8 heteroatoms. The van der Waals surface area contributed by atoms with Gasteiger partial charge in [-0.2, -0.15) is 4.98 Å². The summed E-state index contributed by atoms with van der Waals surface area (Å²) in [6, 6.07) is 5.80. The number of hydrogen-bond acceptors (Lipinski definition) is 7. The van der Waals surface area contributed by atoms with Gasteiger partial charge in [-0.05, 0) is 39.1 Å². The van der Waals surface area contributed by atoms with Crippen molar-refractivity contribution in [2.24, 2.45) is 0 Å². The fourth-order valence-electron chi connectivity index (χ4n) is 2.77. The molecule has 1 N–H and O–H groups in total. The van der Waals surface area contributed by atoms with Crippen molar-refractivity contribution in [1.29, 1.82) is 0 Å². The van der Waals surface area contributed by atoms with Crippen LogP contribution in [0.5, 0.6) is 11.5 Å². The van der Waals surface area contributed by atoms with Gasteiger partial charge in [0.1, 0.15) is 0 Å². The van der Waals surface area contributed by atoms with Gasteiger partial charge in [-0.3, -0.25) is 4.90 Å². The van der Waals surface area contributed by atoms with Crippen molar-refractivity contribution in [1.82, 2.24) is 20.4 Å². The van der Waals surface area contributed by atoms with Crippen molar-refractivity contribution in [3.8, 4) is 23.0 Å². The van der Waals surface area contributed by atoms with Crippen LogP contribution in [0.2, 0.25) is 0 Å². The number of ether oxygens (including phenoxy) is 2. The summed E-state index contributed by atoms with van der Waals surface area (Å²) < 4.78 is 16.7. The smallest absolute Gasteiger partial charge is 0.258 e. The van der Waals surface area contributed by atoms with Crippen LogP contribution in [0, 0.1) is 0 Å². The summed E-state index contributed by atoms with van der Waals surface area (Å²) in [5.41, 5.74) is 0.826. The third-order valence-corrected chi connectivity index (χ3v) is 4.04. The Labute approximate surface area is 154 Å². The molecule has 25 heavy (non-hydrogen) atoms. The Balaban J connectivity index is 0.00000225. The molecule has 3 rings (SSSR count). The molecule has 0 radical (unpaired) electrons. The fraction of sp³-hybridized carbons (Fsp3) is 0.529. The zero-order chi connectivity index (χ0) is 16.9. The van der Waals surface area contributed by atoms with Crippen molar-refractivity contribution >= 4 is 12.4 Å². The van der Waals surface area contributed by atoms with E-state index in [9.17, 15) is 0 Å². The lowest BCUT2D eigenvalue weighted by molar-refractivity contribution is 0.190. The first-order chi connectivity index (χ1) is 11.7. The Kier molecular flexibility index (Phi) is 7.04. The van der Waals surface area contributed by atoms with Crippen LogP contribution in [0.25, 0.3) is 11.5 Å². The molecular formula is C17H25ClN4O3. The molecule has 1 saturated heterocycles. The van der Waals surface area contributed by atoms with Crippen LogP contribution in [0.15, 0.2) is 22.7 Å². The topological polar surface area (TPSA) is 72.7 Å². The van der Waals surface area contributed by atoms with Crippen LogP contribution in [-0.4, -0.2) is 54.9 Å². The minimum atomic E-state index is 0. The second kappa shape index (κ2) is 9.03. The number of aromatic nitrogens is 2. The highest BCUT2D eigenvalue weighted by molar-refractivity contribution is 5.85. The van der Waals surface area contributed by atoms with Crippen molar-refractivity contribution in [2.45, 2.75) is 19.9 Å². The van der Waals surface area contributed by atoms with Gasteiger partial charge >= 0.3 is 0 Å². The summed E-state index contributed by atoms with van der Waals surface area (Å²) >= 11 is 0. The molecule has 1 aliphatic heterocycles. The van der Waals surface area contributed by atoms with Crippen LogP contribution < -0.4 is 14.8 Å². The van der Waals surface area contributed by atoms with E-state index in [1.807, 2.05) is 32.0 Å². The van der Waals surface area contributed by atoms with Gasteiger partial charge in [-0.15, -0.1) is 12.4 Å². The highest BCUT2D eigenvalue weighted by Gasteiger charge is 2.25. The van der Waals surface area contributed by atoms with Gasteiger partial charge in [0, 0.05) is 25.2 Å². The molecule has 1 atom stereocenters. The summed E-state index contributed by atoms with van der Waals surface area (Å²) in [7, 11) is 2.08. The van der Waals surface area contributed by atoms with E-state index in [2.05, 4.69) is 27.4 Å². The molecule has 0 amide bonds.